The predicted octanol–water partition coefficient (Wildman–Crippen LogP) is 2.73. The third-order valence-electron chi connectivity index (χ3n) is 10.2. The summed E-state index contributed by atoms with van der Waals surface area (Å²) in [5.74, 6) is -5.51. The Morgan fingerprint density at radius 3 is 1.64 bits per heavy atom. The lowest BCUT2D eigenvalue weighted by Crippen LogP contribution is -2.73. The van der Waals surface area contributed by atoms with Crippen LogP contribution in [-0.4, -0.2) is 83.7 Å². The molecule has 10 unspecified atom stereocenters. The molecular weight excluding hydrogens is 592 g/mol. The van der Waals surface area contributed by atoms with Crippen LogP contribution in [0.1, 0.15) is 89.0 Å². The number of hydrogen-bond acceptors (Lipinski definition) is 13. The Bertz CT molecular complexity index is 1280. The first-order valence-electron chi connectivity index (χ1n) is 15.0. The van der Waals surface area contributed by atoms with Crippen molar-refractivity contribution in [2.75, 3.05) is 0 Å². The van der Waals surface area contributed by atoms with E-state index in [2.05, 4.69) is 0 Å². The number of esters is 6. The number of rotatable bonds is 6. The molecule has 0 aliphatic heterocycles. The summed E-state index contributed by atoms with van der Waals surface area (Å²) in [7, 11) is 0. The minimum absolute atomic E-state index is 0.0942. The molecule has 0 amide bonds. The molecule has 0 aromatic heterocycles. The molecular formula is C32H46O13. The molecule has 3 rings (SSSR count). The highest BCUT2D eigenvalue weighted by Crippen LogP contribution is 2.65. The monoisotopic (exact) mass is 638 g/mol. The molecule has 0 aromatic carbocycles. The lowest BCUT2D eigenvalue weighted by molar-refractivity contribution is -0.276. The molecule has 0 aromatic rings. The van der Waals surface area contributed by atoms with Gasteiger partial charge in [-0.3, -0.25) is 28.8 Å². The first-order chi connectivity index (χ1) is 20.6. The fourth-order valence-corrected chi connectivity index (χ4v) is 8.05. The van der Waals surface area contributed by atoms with Crippen LogP contribution in [0.5, 0.6) is 0 Å². The van der Waals surface area contributed by atoms with Crippen LogP contribution in [-0.2, 0) is 57.2 Å². The number of ether oxygens (including phenoxy) is 6. The number of aliphatic hydroxyl groups excluding tert-OH is 1. The number of aliphatic hydroxyl groups is 1. The summed E-state index contributed by atoms with van der Waals surface area (Å²) >= 11 is 0. The highest BCUT2D eigenvalue weighted by atomic mass is 16.6. The van der Waals surface area contributed by atoms with E-state index >= 15 is 0 Å². The quantitative estimate of drug-likeness (QED) is 0.255. The van der Waals surface area contributed by atoms with E-state index in [-0.39, 0.29) is 12.8 Å². The normalized spacial score (nSPS) is 37.1. The van der Waals surface area contributed by atoms with Crippen molar-refractivity contribution in [3.05, 3.63) is 11.1 Å². The van der Waals surface area contributed by atoms with Gasteiger partial charge in [0.1, 0.15) is 24.4 Å². The zero-order chi connectivity index (χ0) is 34.4. The maximum atomic E-state index is 12.9. The van der Waals surface area contributed by atoms with Gasteiger partial charge in [0.05, 0.1) is 11.5 Å². The van der Waals surface area contributed by atoms with Gasteiger partial charge in [-0.15, -0.1) is 0 Å². The molecule has 10 atom stereocenters. The summed E-state index contributed by atoms with van der Waals surface area (Å²) in [6, 6.07) is 0. The second-order valence-corrected chi connectivity index (χ2v) is 13.4. The summed E-state index contributed by atoms with van der Waals surface area (Å²) in [5.41, 5.74) is -2.88. The minimum atomic E-state index is -1.62. The number of carbonyl (C=O) groups excluding carboxylic acids is 6. The van der Waals surface area contributed by atoms with Crippen LogP contribution in [0.2, 0.25) is 0 Å². The molecule has 1 N–H and O–H groups in total. The summed E-state index contributed by atoms with van der Waals surface area (Å²) in [6.45, 7) is 15.9. The molecule has 0 heterocycles. The highest BCUT2D eigenvalue weighted by Gasteiger charge is 2.72. The Hall–Kier alpha value is -3.48. The smallest absolute Gasteiger partial charge is 0.303 e. The van der Waals surface area contributed by atoms with Crippen molar-refractivity contribution in [3.8, 4) is 0 Å². The highest BCUT2D eigenvalue weighted by molar-refractivity contribution is 5.70. The van der Waals surface area contributed by atoms with Gasteiger partial charge in [-0.25, -0.2) is 0 Å². The Balaban J connectivity index is 2.57. The minimum Gasteiger partial charge on any atom is -0.462 e. The van der Waals surface area contributed by atoms with Crippen LogP contribution in [0.25, 0.3) is 0 Å². The van der Waals surface area contributed by atoms with Gasteiger partial charge in [-0.05, 0) is 29.9 Å². The summed E-state index contributed by atoms with van der Waals surface area (Å²) < 4.78 is 35.1. The SMILES string of the molecule is CC(=O)OC1CC2(C)C(O)C3C(OC(C)=O)C(OC(C)=O)CC(OC(C)=O)C3(C)C(OC(C)=O)C(OC(C)=O)C(=C1C)C2(C)C. The molecule has 0 radical (unpaired) electrons. The molecule has 252 valence electrons. The summed E-state index contributed by atoms with van der Waals surface area (Å²) in [6.07, 6.45) is -8.95. The maximum Gasteiger partial charge on any atom is 0.303 e. The summed E-state index contributed by atoms with van der Waals surface area (Å²) in [4.78, 5) is 75.4. The lowest BCUT2D eigenvalue weighted by Gasteiger charge is -2.65. The third-order valence-corrected chi connectivity index (χ3v) is 10.2. The molecule has 13 heteroatoms. The third kappa shape index (κ3) is 6.45. The Morgan fingerprint density at radius 1 is 0.689 bits per heavy atom. The first-order valence-corrected chi connectivity index (χ1v) is 15.0. The van der Waals surface area contributed by atoms with Crippen molar-refractivity contribution < 1.29 is 62.3 Å². The van der Waals surface area contributed by atoms with E-state index in [0.717, 1.165) is 13.8 Å². The van der Waals surface area contributed by atoms with Crippen LogP contribution >= 0.6 is 0 Å². The Kier molecular flexibility index (Phi) is 10.2. The van der Waals surface area contributed by atoms with Crippen LogP contribution < -0.4 is 0 Å². The Labute approximate surface area is 263 Å². The van der Waals surface area contributed by atoms with E-state index in [4.69, 9.17) is 28.4 Å². The topological polar surface area (TPSA) is 178 Å². The van der Waals surface area contributed by atoms with E-state index in [1.807, 2.05) is 13.8 Å². The van der Waals surface area contributed by atoms with Gasteiger partial charge in [-0.1, -0.05) is 27.7 Å². The van der Waals surface area contributed by atoms with Crippen LogP contribution in [0.15, 0.2) is 11.1 Å². The van der Waals surface area contributed by atoms with E-state index in [0.29, 0.717) is 11.1 Å². The average molecular weight is 639 g/mol. The van der Waals surface area contributed by atoms with Crippen LogP contribution in [0.4, 0.5) is 0 Å². The number of hydrogen-bond donors (Lipinski definition) is 1. The van der Waals surface area contributed by atoms with Crippen molar-refractivity contribution in [3.63, 3.8) is 0 Å². The van der Waals surface area contributed by atoms with Gasteiger partial charge in [0.15, 0.2) is 12.2 Å². The van der Waals surface area contributed by atoms with Gasteiger partial charge >= 0.3 is 35.8 Å². The molecule has 45 heavy (non-hydrogen) atoms. The standard InChI is InChI=1S/C32H46O13/c1-14-22(41-16(3)34)13-31(10)28(39)25-26(43-18(5)36)21(40-15(2)33)12-23(42-17(4)35)32(25,11)29(45-20(7)38)27(44-19(6)37)24(14)30(31,8)9/h21-23,25-29,39H,12-13H2,1-11H3. The lowest BCUT2D eigenvalue weighted by atomic mass is 9.44. The zero-order valence-corrected chi connectivity index (χ0v) is 27.9. The van der Waals surface area contributed by atoms with Crippen LogP contribution in [0.3, 0.4) is 0 Å². The van der Waals surface area contributed by atoms with Crippen molar-refractivity contribution >= 4 is 35.8 Å². The van der Waals surface area contributed by atoms with Gasteiger partial charge < -0.3 is 33.5 Å². The largest absolute Gasteiger partial charge is 0.462 e. The number of fused-ring (bicyclic) bond motifs is 3. The van der Waals surface area contributed by atoms with E-state index in [1.54, 1.807) is 20.8 Å². The van der Waals surface area contributed by atoms with E-state index in [1.165, 1.54) is 27.7 Å². The maximum absolute atomic E-state index is 12.9. The molecule has 2 saturated carbocycles. The Morgan fingerprint density at radius 2 is 1.18 bits per heavy atom. The van der Waals surface area contributed by atoms with E-state index < -0.39 is 101 Å². The molecule has 3 aliphatic carbocycles. The second kappa shape index (κ2) is 12.7. The first kappa shape index (κ1) is 36.0. The fraction of sp³-hybridized carbons (Fsp3) is 0.750. The predicted molar refractivity (Wildman–Crippen MR) is 155 cm³/mol. The molecule has 3 aliphatic rings. The molecule has 0 spiro atoms. The number of carbonyl (C=O) groups is 6. The fourth-order valence-electron chi connectivity index (χ4n) is 8.05. The van der Waals surface area contributed by atoms with Crippen LogP contribution in [0, 0.1) is 22.2 Å². The van der Waals surface area contributed by atoms with Gasteiger partial charge in [0.25, 0.3) is 0 Å². The van der Waals surface area contributed by atoms with Gasteiger partial charge in [-0.2, -0.15) is 0 Å². The van der Waals surface area contributed by atoms with Gasteiger partial charge in [0.2, 0.25) is 0 Å². The second-order valence-electron chi connectivity index (χ2n) is 13.4. The molecule has 2 bridgehead atoms. The molecule has 13 nitrogen and oxygen atoms in total. The molecule has 2 fully saturated rings. The van der Waals surface area contributed by atoms with Crippen molar-refractivity contribution in [2.24, 2.45) is 22.2 Å². The zero-order valence-electron chi connectivity index (χ0n) is 27.9. The van der Waals surface area contributed by atoms with Gasteiger partial charge in [0, 0.05) is 59.3 Å². The van der Waals surface area contributed by atoms with E-state index in [9.17, 15) is 33.9 Å². The van der Waals surface area contributed by atoms with Crippen molar-refractivity contribution in [1.29, 1.82) is 0 Å². The average Bonchev–Trinajstić information content (AvgIpc) is 2.86. The summed E-state index contributed by atoms with van der Waals surface area (Å²) in [5, 5.41) is 12.7. The molecule has 0 saturated heterocycles. The van der Waals surface area contributed by atoms with Crippen molar-refractivity contribution in [1.82, 2.24) is 0 Å². The van der Waals surface area contributed by atoms with Crippen molar-refractivity contribution in [2.45, 2.75) is 132 Å².